The molecule has 0 radical (unpaired) electrons. The van der Waals surface area contributed by atoms with E-state index < -0.39 is 10.0 Å². The highest BCUT2D eigenvalue weighted by molar-refractivity contribution is 7.91. The van der Waals surface area contributed by atoms with Gasteiger partial charge in [-0.05, 0) is 25.0 Å². The number of amides is 1. The standard InChI is InChI=1S/C13H22N2O4S2/c1-2-3-8-19-9-4-7-15-12(16)10-11-5-6-13(20-11)21(14,17)18/h5-6H,2-4,7-10H2,1H3,(H,15,16)(H2,14,17,18). The van der Waals surface area contributed by atoms with Crippen molar-refractivity contribution in [1.29, 1.82) is 0 Å². The first-order valence-corrected chi connectivity index (χ1v) is 9.25. The Balaban J connectivity index is 2.21. The van der Waals surface area contributed by atoms with Gasteiger partial charge in [-0.1, -0.05) is 13.3 Å². The van der Waals surface area contributed by atoms with Crippen LogP contribution in [-0.2, 0) is 26.0 Å². The molecule has 0 unspecified atom stereocenters. The number of primary sulfonamides is 1. The molecule has 0 aliphatic heterocycles. The quantitative estimate of drug-likeness (QED) is 0.629. The fourth-order valence-corrected chi connectivity index (χ4v) is 3.35. The molecule has 0 aromatic carbocycles. The van der Waals surface area contributed by atoms with Crippen LogP contribution in [0.25, 0.3) is 0 Å². The van der Waals surface area contributed by atoms with Crippen molar-refractivity contribution in [3.8, 4) is 0 Å². The zero-order chi connectivity index (χ0) is 15.7. The van der Waals surface area contributed by atoms with Crippen LogP contribution < -0.4 is 10.5 Å². The zero-order valence-electron chi connectivity index (χ0n) is 12.1. The predicted molar refractivity (Wildman–Crippen MR) is 82.7 cm³/mol. The number of hydrogen-bond acceptors (Lipinski definition) is 5. The number of sulfonamides is 1. The molecule has 0 fully saturated rings. The van der Waals surface area contributed by atoms with E-state index >= 15 is 0 Å². The van der Waals surface area contributed by atoms with Crippen LogP contribution in [0, 0.1) is 0 Å². The van der Waals surface area contributed by atoms with Gasteiger partial charge in [-0.15, -0.1) is 11.3 Å². The van der Waals surface area contributed by atoms with Crippen LogP contribution in [0.2, 0.25) is 0 Å². The van der Waals surface area contributed by atoms with Crippen molar-refractivity contribution in [2.75, 3.05) is 19.8 Å². The van der Waals surface area contributed by atoms with Crippen molar-refractivity contribution in [2.24, 2.45) is 5.14 Å². The van der Waals surface area contributed by atoms with Crippen LogP contribution >= 0.6 is 11.3 Å². The first-order valence-electron chi connectivity index (χ1n) is 6.89. The third-order valence-electron chi connectivity index (χ3n) is 2.68. The number of thiophene rings is 1. The zero-order valence-corrected chi connectivity index (χ0v) is 13.8. The minimum Gasteiger partial charge on any atom is -0.381 e. The largest absolute Gasteiger partial charge is 0.381 e. The Morgan fingerprint density at radius 3 is 2.67 bits per heavy atom. The Labute approximate surface area is 129 Å². The van der Waals surface area contributed by atoms with Gasteiger partial charge in [0, 0.05) is 24.6 Å². The highest BCUT2D eigenvalue weighted by Gasteiger charge is 2.12. The summed E-state index contributed by atoms with van der Waals surface area (Å²) in [6.07, 6.45) is 3.09. The van der Waals surface area contributed by atoms with Gasteiger partial charge in [0.1, 0.15) is 4.21 Å². The second-order valence-electron chi connectivity index (χ2n) is 4.61. The molecule has 0 bridgehead atoms. The second kappa shape index (κ2) is 9.14. The summed E-state index contributed by atoms with van der Waals surface area (Å²) in [7, 11) is -3.68. The van der Waals surface area contributed by atoms with Crippen molar-refractivity contribution in [2.45, 2.75) is 36.8 Å². The van der Waals surface area contributed by atoms with E-state index in [1.165, 1.54) is 6.07 Å². The fraction of sp³-hybridized carbons (Fsp3) is 0.615. The highest BCUT2D eigenvalue weighted by atomic mass is 32.2. The van der Waals surface area contributed by atoms with Crippen LogP contribution in [0.1, 0.15) is 31.1 Å². The molecule has 6 nitrogen and oxygen atoms in total. The molecular weight excluding hydrogens is 312 g/mol. The van der Waals surface area contributed by atoms with Gasteiger partial charge in [-0.3, -0.25) is 4.79 Å². The average Bonchev–Trinajstić information content (AvgIpc) is 2.86. The average molecular weight is 334 g/mol. The van der Waals surface area contributed by atoms with Gasteiger partial charge < -0.3 is 10.1 Å². The van der Waals surface area contributed by atoms with E-state index in [-0.39, 0.29) is 16.5 Å². The Bertz CT molecular complexity index is 540. The van der Waals surface area contributed by atoms with Gasteiger partial charge in [0.05, 0.1) is 6.42 Å². The maximum absolute atomic E-state index is 11.7. The number of nitrogens with one attached hydrogen (secondary N) is 1. The lowest BCUT2D eigenvalue weighted by molar-refractivity contribution is -0.120. The number of carbonyl (C=O) groups is 1. The molecule has 0 aliphatic carbocycles. The molecule has 0 atom stereocenters. The Kier molecular flexibility index (Phi) is 7.87. The fourth-order valence-electron chi connectivity index (χ4n) is 1.58. The summed E-state index contributed by atoms with van der Waals surface area (Å²) >= 11 is 1.02. The third-order valence-corrected chi connectivity index (χ3v) is 5.21. The number of unbranched alkanes of at least 4 members (excludes halogenated alkanes) is 1. The summed E-state index contributed by atoms with van der Waals surface area (Å²) in [5, 5.41) is 7.79. The molecule has 1 heterocycles. The molecule has 0 spiro atoms. The van der Waals surface area contributed by atoms with Crippen LogP contribution in [-0.4, -0.2) is 34.1 Å². The Morgan fingerprint density at radius 1 is 1.33 bits per heavy atom. The molecule has 0 saturated heterocycles. The van der Waals surface area contributed by atoms with Gasteiger partial charge in [0.15, 0.2) is 0 Å². The van der Waals surface area contributed by atoms with Crippen LogP contribution in [0.15, 0.2) is 16.3 Å². The smallest absolute Gasteiger partial charge is 0.247 e. The van der Waals surface area contributed by atoms with Crippen LogP contribution in [0.5, 0.6) is 0 Å². The molecule has 1 amide bonds. The number of carbonyl (C=O) groups excluding carboxylic acids is 1. The van der Waals surface area contributed by atoms with E-state index in [2.05, 4.69) is 12.2 Å². The van der Waals surface area contributed by atoms with Gasteiger partial charge in [0.25, 0.3) is 0 Å². The minimum absolute atomic E-state index is 0.0784. The number of rotatable bonds is 10. The van der Waals surface area contributed by atoms with Crippen molar-refractivity contribution in [1.82, 2.24) is 5.32 Å². The lowest BCUT2D eigenvalue weighted by Crippen LogP contribution is -2.26. The summed E-state index contributed by atoms with van der Waals surface area (Å²) in [5.41, 5.74) is 0. The van der Waals surface area contributed by atoms with Gasteiger partial charge in [-0.2, -0.15) is 0 Å². The topological polar surface area (TPSA) is 98.5 Å². The van der Waals surface area contributed by atoms with E-state index in [0.717, 1.165) is 37.2 Å². The monoisotopic (exact) mass is 334 g/mol. The first-order chi connectivity index (χ1) is 9.93. The summed E-state index contributed by atoms with van der Waals surface area (Å²) in [5.74, 6) is -0.133. The summed E-state index contributed by atoms with van der Waals surface area (Å²) < 4.78 is 27.7. The maximum atomic E-state index is 11.7. The molecule has 120 valence electrons. The van der Waals surface area contributed by atoms with E-state index in [1.54, 1.807) is 6.07 Å². The molecule has 1 aromatic heterocycles. The summed E-state index contributed by atoms with van der Waals surface area (Å²) in [6.45, 7) is 4.05. The van der Waals surface area contributed by atoms with Gasteiger partial charge in [-0.25, -0.2) is 13.6 Å². The van der Waals surface area contributed by atoms with Gasteiger partial charge in [0.2, 0.25) is 15.9 Å². The van der Waals surface area contributed by atoms with Crippen molar-refractivity contribution >= 4 is 27.3 Å². The van der Waals surface area contributed by atoms with Crippen molar-refractivity contribution in [3.63, 3.8) is 0 Å². The second-order valence-corrected chi connectivity index (χ2v) is 7.57. The Hall–Kier alpha value is -0.960. The molecule has 1 aromatic rings. The predicted octanol–water partition coefficient (Wildman–Crippen LogP) is 1.26. The lowest BCUT2D eigenvalue weighted by atomic mass is 10.3. The minimum atomic E-state index is -3.68. The molecule has 8 heteroatoms. The van der Waals surface area contributed by atoms with E-state index in [0.29, 0.717) is 18.0 Å². The third kappa shape index (κ3) is 7.56. The van der Waals surface area contributed by atoms with Crippen LogP contribution in [0.3, 0.4) is 0 Å². The summed E-state index contributed by atoms with van der Waals surface area (Å²) in [4.78, 5) is 12.4. The molecular formula is C13H22N2O4S2. The van der Waals surface area contributed by atoms with Gasteiger partial charge >= 0.3 is 0 Å². The molecule has 0 saturated carbocycles. The van der Waals surface area contributed by atoms with Crippen molar-refractivity contribution in [3.05, 3.63) is 17.0 Å². The SMILES string of the molecule is CCCCOCCCNC(=O)Cc1ccc(S(N)(=O)=O)s1. The first kappa shape index (κ1) is 18.1. The van der Waals surface area contributed by atoms with Crippen molar-refractivity contribution < 1.29 is 17.9 Å². The molecule has 0 aliphatic rings. The number of ether oxygens (including phenoxy) is 1. The lowest BCUT2D eigenvalue weighted by Gasteiger charge is -2.05. The van der Waals surface area contributed by atoms with E-state index in [4.69, 9.17) is 9.88 Å². The maximum Gasteiger partial charge on any atom is 0.247 e. The molecule has 3 N–H and O–H groups in total. The normalized spacial score (nSPS) is 11.5. The van der Waals surface area contributed by atoms with E-state index in [1.807, 2.05) is 0 Å². The highest BCUT2D eigenvalue weighted by Crippen LogP contribution is 2.20. The Morgan fingerprint density at radius 2 is 2.05 bits per heavy atom. The molecule has 21 heavy (non-hydrogen) atoms. The number of hydrogen-bond donors (Lipinski definition) is 2. The van der Waals surface area contributed by atoms with E-state index in [9.17, 15) is 13.2 Å². The molecule has 1 rings (SSSR count). The number of nitrogens with two attached hydrogens (primary N) is 1. The summed E-state index contributed by atoms with van der Waals surface area (Å²) in [6, 6.07) is 3.03. The van der Waals surface area contributed by atoms with Crippen LogP contribution in [0.4, 0.5) is 0 Å².